The number of nitrogens with one attached hydrogen (secondary N) is 1. The molecular formula is C13H17F3N2O. The number of methoxy groups -OCH3 is 1. The SMILES string of the molecule is COc1ccc(N2CCCNCC2C(F)(F)F)cc1. The minimum atomic E-state index is -4.24. The highest BCUT2D eigenvalue weighted by Gasteiger charge is 2.44. The Bertz CT molecular complexity index is 405. The van der Waals surface area contributed by atoms with Crippen molar-refractivity contribution in [3.8, 4) is 5.75 Å². The van der Waals surface area contributed by atoms with Gasteiger partial charge in [-0.05, 0) is 37.2 Å². The summed E-state index contributed by atoms with van der Waals surface area (Å²) >= 11 is 0. The summed E-state index contributed by atoms with van der Waals surface area (Å²) in [7, 11) is 1.53. The first-order valence-corrected chi connectivity index (χ1v) is 6.20. The Morgan fingerprint density at radius 3 is 2.53 bits per heavy atom. The third-order valence-electron chi connectivity index (χ3n) is 3.25. The van der Waals surface area contributed by atoms with Crippen LogP contribution < -0.4 is 15.0 Å². The fourth-order valence-corrected chi connectivity index (χ4v) is 2.25. The summed E-state index contributed by atoms with van der Waals surface area (Å²) in [5.74, 6) is 0.639. The van der Waals surface area contributed by atoms with E-state index in [1.54, 1.807) is 24.3 Å². The summed E-state index contributed by atoms with van der Waals surface area (Å²) in [5, 5.41) is 2.84. The van der Waals surface area contributed by atoms with E-state index >= 15 is 0 Å². The third kappa shape index (κ3) is 3.32. The van der Waals surface area contributed by atoms with Gasteiger partial charge in [-0.2, -0.15) is 13.2 Å². The number of halogens is 3. The van der Waals surface area contributed by atoms with Gasteiger partial charge in [0.05, 0.1) is 7.11 Å². The van der Waals surface area contributed by atoms with Crippen molar-refractivity contribution in [2.24, 2.45) is 0 Å². The van der Waals surface area contributed by atoms with Crippen molar-refractivity contribution < 1.29 is 17.9 Å². The van der Waals surface area contributed by atoms with E-state index in [0.29, 0.717) is 30.9 Å². The molecule has 0 aliphatic carbocycles. The molecule has 0 bridgehead atoms. The molecule has 1 heterocycles. The largest absolute Gasteiger partial charge is 0.497 e. The highest BCUT2D eigenvalue weighted by molar-refractivity contribution is 5.50. The van der Waals surface area contributed by atoms with Gasteiger partial charge < -0.3 is 15.0 Å². The highest BCUT2D eigenvalue weighted by atomic mass is 19.4. The predicted octanol–water partition coefficient (Wildman–Crippen LogP) is 2.43. The Hall–Kier alpha value is -1.43. The number of anilines is 1. The van der Waals surface area contributed by atoms with E-state index in [4.69, 9.17) is 4.74 Å². The lowest BCUT2D eigenvalue weighted by atomic mass is 10.2. The second-order valence-corrected chi connectivity index (χ2v) is 4.51. The van der Waals surface area contributed by atoms with Crippen molar-refractivity contribution in [2.75, 3.05) is 31.6 Å². The van der Waals surface area contributed by atoms with Crippen LogP contribution in [0.15, 0.2) is 24.3 Å². The molecule has 0 radical (unpaired) electrons. The van der Waals surface area contributed by atoms with Crippen LogP contribution in [-0.2, 0) is 0 Å². The fraction of sp³-hybridized carbons (Fsp3) is 0.538. The van der Waals surface area contributed by atoms with Gasteiger partial charge in [0, 0.05) is 18.8 Å². The van der Waals surface area contributed by atoms with Crippen molar-refractivity contribution in [2.45, 2.75) is 18.6 Å². The lowest BCUT2D eigenvalue weighted by molar-refractivity contribution is -0.147. The molecule has 1 aromatic rings. The number of hydrogen-bond donors (Lipinski definition) is 1. The van der Waals surface area contributed by atoms with Gasteiger partial charge in [0.2, 0.25) is 0 Å². The summed E-state index contributed by atoms with van der Waals surface area (Å²) in [5.41, 5.74) is 0.576. The molecule has 1 aromatic carbocycles. The number of rotatable bonds is 2. The Labute approximate surface area is 110 Å². The van der Waals surface area contributed by atoms with Crippen molar-refractivity contribution in [3.05, 3.63) is 24.3 Å². The topological polar surface area (TPSA) is 24.5 Å². The molecule has 0 spiro atoms. The molecule has 1 unspecified atom stereocenters. The van der Waals surface area contributed by atoms with Gasteiger partial charge >= 0.3 is 6.18 Å². The normalized spacial score (nSPS) is 21.1. The van der Waals surface area contributed by atoms with E-state index in [1.807, 2.05) is 0 Å². The van der Waals surface area contributed by atoms with Crippen molar-refractivity contribution in [3.63, 3.8) is 0 Å². The molecule has 19 heavy (non-hydrogen) atoms. The zero-order valence-corrected chi connectivity index (χ0v) is 10.7. The van der Waals surface area contributed by atoms with Crippen LogP contribution in [0.1, 0.15) is 6.42 Å². The molecule has 106 valence electrons. The Morgan fingerprint density at radius 1 is 1.26 bits per heavy atom. The zero-order chi connectivity index (χ0) is 13.9. The highest BCUT2D eigenvalue weighted by Crippen LogP contribution is 2.30. The van der Waals surface area contributed by atoms with Gasteiger partial charge in [0.1, 0.15) is 11.8 Å². The third-order valence-corrected chi connectivity index (χ3v) is 3.25. The van der Waals surface area contributed by atoms with Crippen LogP contribution in [0.3, 0.4) is 0 Å². The summed E-state index contributed by atoms with van der Waals surface area (Å²) in [6.07, 6.45) is -3.55. The molecule has 3 nitrogen and oxygen atoms in total. The maximum atomic E-state index is 13.1. The average Bonchev–Trinajstić information content (AvgIpc) is 2.64. The Morgan fingerprint density at radius 2 is 1.95 bits per heavy atom. The molecule has 1 aliphatic rings. The second-order valence-electron chi connectivity index (χ2n) is 4.51. The molecular weight excluding hydrogens is 257 g/mol. The molecule has 1 fully saturated rings. The van der Waals surface area contributed by atoms with Crippen LogP contribution >= 0.6 is 0 Å². The summed E-state index contributed by atoms with van der Waals surface area (Å²) in [6.45, 7) is 0.929. The number of ether oxygens (including phenoxy) is 1. The van der Waals surface area contributed by atoms with E-state index in [9.17, 15) is 13.2 Å². The van der Waals surface area contributed by atoms with Crippen molar-refractivity contribution >= 4 is 5.69 Å². The monoisotopic (exact) mass is 274 g/mol. The quantitative estimate of drug-likeness (QED) is 0.896. The van der Waals surface area contributed by atoms with Crippen LogP contribution in [0.4, 0.5) is 18.9 Å². The number of benzene rings is 1. The fourth-order valence-electron chi connectivity index (χ4n) is 2.25. The number of nitrogens with zero attached hydrogens (tertiary/aromatic N) is 1. The van der Waals surface area contributed by atoms with Gasteiger partial charge in [0.25, 0.3) is 0 Å². The second kappa shape index (κ2) is 5.69. The van der Waals surface area contributed by atoms with Gasteiger partial charge in [-0.25, -0.2) is 0 Å². The molecule has 1 saturated heterocycles. The first kappa shape index (κ1) is 14.0. The van der Waals surface area contributed by atoms with Crippen molar-refractivity contribution in [1.82, 2.24) is 5.32 Å². The molecule has 0 saturated carbocycles. The van der Waals surface area contributed by atoms with Crippen molar-refractivity contribution in [1.29, 1.82) is 0 Å². The first-order chi connectivity index (χ1) is 9.02. The van der Waals surface area contributed by atoms with E-state index in [2.05, 4.69) is 5.32 Å². The van der Waals surface area contributed by atoms with E-state index in [-0.39, 0.29) is 6.54 Å². The standard InChI is InChI=1S/C13H17F3N2O/c1-19-11-5-3-10(4-6-11)18-8-2-7-17-9-12(18)13(14,15)16/h3-6,12,17H,2,7-9H2,1H3. The smallest absolute Gasteiger partial charge is 0.409 e. The van der Waals surface area contributed by atoms with E-state index in [1.165, 1.54) is 12.0 Å². The summed E-state index contributed by atoms with van der Waals surface area (Å²) in [6, 6.07) is 5.22. The molecule has 1 aliphatic heterocycles. The van der Waals surface area contributed by atoms with Crippen LogP contribution in [0, 0.1) is 0 Å². The predicted molar refractivity (Wildman–Crippen MR) is 67.7 cm³/mol. The van der Waals surface area contributed by atoms with Crippen LogP contribution in [-0.4, -0.2) is 39.0 Å². The maximum Gasteiger partial charge on any atom is 0.409 e. The molecule has 0 aromatic heterocycles. The minimum Gasteiger partial charge on any atom is -0.497 e. The first-order valence-electron chi connectivity index (χ1n) is 6.20. The van der Waals surface area contributed by atoms with E-state index < -0.39 is 12.2 Å². The minimum absolute atomic E-state index is 0.0739. The summed E-state index contributed by atoms with van der Waals surface area (Å²) < 4.78 is 44.3. The van der Waals surface area contributed by atoms with Gasteiger partial charge in [-0.1, -0.05) is 0 Å². The van der Waals surface area contributed by atoms with Crippen LogP contribution in [0.5, 0.6) is 5.75 Å². The average molecular weight is 274 g/mol. The zero-order valence-electron chi connectivity index (χ0n) is 10.7. The molecule has 1 N–H and O–H groups in total. The molecule has 0 amide bonds. The Kier molecular flexibility index (Phi) is 4.19. The van der Waals surface area contributed by atoms with Crippen LogP contribution in [0.2, 0.25) is 0 Å². The van der Waals surface area contributed by atoms with Gasteiger partial charge in [-0.15, -0.1) is 0 Å². The lowest BCUT2D eigenvalue weighted by Gasteiger charge is -2.33. The number of alkyl halides is 3. The van der Waals surface area contributed by atoms with E-state index in [0.717, 1.165) is 0 Å². The summed E-state index contributed by atoms with van der Waals surface area (Å²) in [4.78, 5) is 1.42. The van der Waals surface area contributed by atoms with Gasteiger partial charge in [0.15, 0.2) is 0 Å². The Balaban J connectivity index is 2.26. The van der Waals surface area contributed by atoms with Gasteiger partial charge in [-0.3, -0.25) is 0 Å². The molecule has 6 heteroatoms. The van der Waals surface area contributed by atoms with Crippen LogP contribution in [0.25, 0.3) is 0 Å². The molecule has 2 rings (SSSR count). The molecule has 1 atom stereocenters. The lowest BCUT2D eigenvalue weighted by Crippen LogP contribution is -2.49. The maximum absolute atomic E-state index is 13.1. The number of hydrogen-bond acceptors (Lipinski definition) is 3.